The fourth-order valence-corrected chi connectivity index (χ4v) is 3.86. The first-order valence-corrected chi connectivity index (χ1v) is 9.48. The van der Waals surface area contributed by atoms with Crippen molar-refractivity contribution in [2.75, 3.05) is 23.7 Å². The van der Waals surface area contributed by atoms with E-state index in [0.29, 0.717) is 11.9 Å². The summed E-state index contributed by atoms with van der Waals surface area (Å²) < 4.78 is 24.4. The lowest BCUT2D eigenvalue weighted by Gasteiger charge is -2.35. The molecule has 24 heavy (non-hydrogen) atoms. The Kier molecular flexibility index (Phi) is 5.49. The largest absolute Gasteiger partial charge is 0.368 e. The summed E-state index contributed by atoms with van der Waals surface area (Å²) in [7, 11) is 0. The highest BCUT2D eigenvalue weighted by Crippen LogP contribution is 2.32. The Morgan fingerprint density at radius 3 is 2.58 bits per heavy atom. The molecule has 2 aromatic rings. The normalized spacial score (nSPS) is 18.5. The third-order valence-electron chi connectivity index (χ3n) is 4.24. The molecule has 10 heteroatoms. The molecule has 1 saturated heterocycles. The molecule has 1 fully saturated rings. The van der Waals surface area contributed by atoms with E-state index in [-0.39, 0.29) is 12.0 Å². The molecule has 0 spiro atoms. The van der Waals surface area contributed by atoms with Crippen molar-refractivity contribution in [1.29, 1.82) is 0 Å². The zero-order chi connectivity index (χ0) is 17.1. The molecule has 0 bridgehead atoms. The summed E-state index contributed by atoms with van der Waals surface area (Å²) in [6.07, 6.45) is 1.72. The third kappa shape index (κ3) is 4.12. The van der Waals surface area contributed by atoms with Gasteiger partial charge in [-0.05, 0) is 36.5 Å². The van der Waals surface area contributed by atoms with Crippen molar-refractivity contribution in [3.63, 3.8) is 0 Å². The molecule has 0 radical (unpaired) electrons. The van der Waals surface area contributed by atoms with Crippen molar-refractivity contribution >= 4 is 39.1 Å². The van der Waals surface area contributed by atoms with Gasteiger partial charge in [-0.25, -0.2) is 14.0 Å². The van der Waals surface area contributed by atoms with Gasteiger partial charge in [0.25, 0.3) is 0 Å². The number of piperidine rings is 1. The van der Waals surface area contributed by atoms with Gasteiger partial charge in [-0.15, -0.1) is 5.10 Å². The van der Waals surface area contributed by atoms with Crippen LogP contribution < -0.4 is 15.4 Å². The van der Waals surface area contributed by atoms with Gasteiger partial charge < -0.3 is 10.6 Å². The van der Waals surface area contributed by atoms with Gasteiger partial charge in [0.15, 0.2) is 0 Å². The van der Waals surface area contributed by atoms with Gasteiger partial charge in [-0.1, -0.05) is 28.1 Å². The topological polar surface area (TPSA) is 120 Å². The van der Waals surface area contributed by atoms with Crippen LogP contribution in [0.15, 0.2) is 28.7 Å². The molecule has 0 amide bonds. The molecule has 2 atom stereocenters. The maximum Gasteiger partial charge on any atom is 0.246 e. The summed E-state index contributed by atoms with van der Waals surface area (Å²) in [5.74, 6) is 1.15. The first kappa shape index (κ1) is 17.3. The number of anilines is 2. The molecule has 1 aromatic heterocycles. The highest BCUT2D eigenvalue weighted by Gasteiger charge is 2.29. The van der Waals surface area contributed by atoms with Gasteiger partial charge in [0.1, 0.15) is 0 Å². The summed E-state index contributed by atoms with van der Waals surface area (Å²) in [5.41, 5.74) is 6.57. The van der Waals surface area contributed by atoms with Crippen molar-refractivity contribution in [3.8, 4) is 0 Å². The van der Waals surface area contributed by atoms with E-state index in [0.717, 1.165) is 36.0 Å². The second-order valence-electron chi connectivity index (χ2n) is 5.74. The van der Waals surface area contributed by atoms with E-state index in [1.165, 1.54) is 0 Å². The SMILES string of the molecule is Nc1nc(N2CCC(C(NS(=O)O)c3ccc(Br)cc3)CC2)n[nH]1. The highest BCUT2D eigenvalue weighted by molar-refractivity contribution is 9.10. The maximum atomic E-state index is 11.3. The molecule has 3 rings (SSSR count). The van der Waals surface area contributed by atoms with Crippen LogP contribution in [-0.2, 0) is 11.3 Å². The molecule has 2 heterocycles. The zero-order valence-corrected chi connectivity index (χ0v) is 15.3. The quantitative estimate of drug-likeness (QED) is 0.553. The highest BCUT2D eigenvalue weighted by atomic mass is 79.9. The van der Waals surface area contributed by atoms with Gasteiger partial charge in [-0.3, -0.25) is 4.55 Å². The van der Waals surface area contributed by atoms with E-state index in [1.54, 1.807) is 0 Å². The standard InChI is InChI=1S/C14H19BrN6O2S/c15-11-3-1-9(2-4-11)12(20-24(22)23)10-5-7-21(8-6-10)14-17-13(16)18-19-14/h1-4,10,12,20H,5-8H2,(H,22,23)(H3,16,17,18,19). The molecule has 1 aromatic carbocycles. The fourth-order valence-electron chi connectivity index (χ4n) is 3.05. The molecule has 8 nitrogen and oxygen atoms in total. The van der Waals surface area contributed by atoms with Crippen LogP contribution in [0.5, 0.6) is 0 Å². The van der Waals surface area contributed by atoms with Crippen LogP contribution >= 0.6 is 15.9 Å². The van der Waals surface area contributed by atoms with Gasteiger partial charge in [0.05, 0.1) is 0 Å². The molecule has 0 saturated carbocycles. The Balaban J connectivity index is 1.70. The molecular formula is C14H19BrN6O2S. The van der Waals surface area contributed by atoms with E-state index < -0.39 is 11.3 Å². The molecule has 5 N–H and O–H groups in total. The Hall–Kier alpha value is -1.49. The summed E-state index contributed by atoms with van der Waals surface area (Å²) >= 11 is 1.35. The van der Waals surface area contributed by atoms with Gasteiger partial charge in [0.2, 0.25) is 23.2 Å². The number of nitrogen functional groups attached to an aromatic ring is 1. The summed E-state index contributed by atoms with van der Waals surface area (Å²) in [4.78, 5) is 6.22. The summed E-state index contributed by atoms with van der Waals surface area (Å²) in [5, 5.41) is 6.72. The van der Waals surface area contributed by atoms with Crippen molar-refractivity contribution in [2.45, 2.75) is 18.9 Å². The monoisotopic (exact) mass is 414 g/mol. The van der Waals surface area contributed by atoms with Gasteiger partial charge >= 0.3 is 0 Å². The molecule has 0 aliphatic carbocycles. The number of benzene rings is 1. The summed E-state index contributed by atoms with van der Waals surface area (Å²) in [6.45, 7) is 1.55. The van der Waals surface area contributed by atoms with E-state index in [2.05, 4.69) is 40.7 Å². The summed E-state index contributed by atoms with van der Waals surface area (Å²) in [6, 6.07) is 7.64. The van der Waals surface area contributed by atoms with Crippen molar-refractivity contribution in [3.05, 3.63) is 34.3 Å². The number of aromatic amines is 1. The predicted octanol–water partition coefficient (Wildman–Crippen LogP) is 1.83. The lowest BCUT2D eigenvalue weighted by atomic mass is 9.86. The lowest BCUT2D eigenvalue weighted by Crippen LogP contribution is -2.40. The lowest BCUT2D eigenvalue weighted by molar-refractivity contribution is 0.324. The Morgan fingerprint density at radius 2 is 2.04 bits per heavy atom. The average molecular weight is 415 g/mol. The smallest absolute Gasteiger partial charge is 0.246 e. The first-order chi connectivity index (χ1) is 11.5. The van der Waals surface area contributed by atoms with Crippen molar-refractivity contribution < 1.29 is 8.76 Å². The van der Waals surface area contributed by atoms with Crippen molar-refractivity contribution in [1.82, 2.24) is 19.9 Å². The minimum atomic E-state index is -2.07. The zero-order valence-electron chi connectivity index (χ0n) is 12.9. The number of rotatable bonds is 5. The number of H-pyrrole nitrogens is 1. The number of nitrogens with zero attached hydrogens (tertiary/aromatic N) is 3. The number of hydrogen-bond donors (Lipinski definition) is 4. The van der Waals surface area contributed by atoms with Gasteiger partial charge in [-0.2, -0.15) is 4.98 Å². The number of nitrogens with one attached hydrogen (secondary N) is 2. The van der Waals surface area contributed by atoms with Crippen LogP contribution in [0, 0.1) is 5.92 Å². The number of nitrogens with two attached hydrogens (primary N) is 1. The van der Waals surface area contributed by atoms with Crippen LogP contribution in [0.1, 0.15) is 24.4 Å². The number of aromatic nitrogens is 3. The minimum Gasteiger partial charge on any atom is -0.368 e. The minimum absolute atomic E-state index is 0.178. The Bertz CT molecular complexity index is 702. The van der Waals surface area contributed by atoms with Crippen LogP contribution in [-0.4, -0.2) is 37.0 Å². The first-order valence-electron chi connectivity index (χ1n) is 7.58. The second-order valence-corrected chi connectivity index (χ2v) is 7.39. The molecule has 130 valence electrons. The van der Waals surface area contributed by atoms with E-state index in [1.807, 2.05) is 24.3 Å². The molecule has 1 aliphatic rings. The Morgan fingerprint density at radius 1 is 1.38 bits per heavy atom. The van der Waals surface area contributed by atoms with Crippen LogP contribution in [0.4, 0.5) is 11.9 Å². The van der Waals surface area contributed by atoms with E-state index >= 15 is 0 Å². The number of halogens is 1. The fraction of sp³-hybridized carbons (Fsp3) is 0.429. The molecular weight excluding hydrogens is 396 g/mol. The molecule has 2 unspecified atom stereocenters. The number of hydrogen-bond acceptors (Lipinski definition) is 5. The Labute approximate surface area is 150 Å². The predicted molar refractivity (Wildman–Crippen MR) is 96.5 cm³/mol. The average Bonchev–Trinajstić information content (AvgIpc) is 3.00. The second kappa shape index (κ2) is 7.60. The van der Waals surface area contributed by atoms with Crippen LogP contribution in [0.2, 0.25) is 0 Å². The van der Waals surface area contributed by atoms with Crippen LogP contribution in [0.25, 0.3) is 0 Å². The van der Waals surface area contributed by atoms with Crippen molar-refractivity contribution in [2.24, 2.45) is 5.92 Å². The molecule has 1 aliphatic heterocycles. The van der Waals surface area contributed by atoms with Gasteiger partial charge in [0, 0.05) is 23.6 Å². The van der Waals surface area contributed by atoms with E-state index in [4.69, 9.17) is 5.73 Å². The van der Waals surface area contributed by atoms with E-state index in [9.17, 15) is 8.76 Å². The maximum absolute atomic E-state index is 11.3. The van der Waals surface area contributed by atoms with Crippen LogP contribution in [0.3, 0.4) is 0 Å². The third-order valence-corrected chi connectivity index (χ3v) is 5.23.